The van der Waals surface area contributed by atoms with E-state index in [9.17, 15) is 4.79 Å². The molecule has 1 N–H and O–H groups in total. The van der Waals surface area contributed by atoms with Gasteiger partial charge >= 0.3 is 6.09 Å². The second-order valence-corrected chi connectivity index (χ2v) is 6.20. The summed E-state index contributed by atoms with van der Waals surface area (Å²) in [5, 5.41) is 3.41. The van der Waals surface area contributed by atoms with E-state index in [-0.39, 0.29) is 12.1 Å². The first kappa shape index (κ1) is 13.9. The average molecular weight is 304 g/mol. The Hall–Kier alpha value is -1.73. The van der Waals surface area contributed by atoms with Crippen LogP contribution in [0.3, 0.4) is 0 Å². The summed E-state index contributed by atoms with van der Waals surface area (Å²) in [7, 11) is 0. The molecule has 22 heavy (non-hydrogen) atoms. The van der Waals surface area contributed by atoms with E-state index in [1.54, 1.807) is 17.3 Å². The van der Waals surface area contributed by atoms with Gasteiger partial charge < -0.3 is 14.8 Å². The molecule has 3 aliphatic rings. The average Bonchev–Trinajstić information content (AvgIpc) is 3.17. The maximum atomic E-state index is 12.3. The van der Waals surface area contributed by atoms with Gasteiger partial charge in [-0.1, -0.05) is 0 Å². The third kappa shape index (κ3) is 2.44. The highest BCUT2D eigenvalue weighted by molar-refractivity contribution is 5.89. The Morgan fingerprint density at radius 2 is 2.18 bits per heavy atom. The van der Waals surface area contributed by atoms with Crippen LogP contribution in [0.2, 0.25) is 0 Å². The number of carbonyl (C=O) groups excluding carboxylic acids is 1. The molecule has 0 saturated carbocycles. The SMILES string of the molecule is O=C1OC2(CCOCC2)CN1c1cncc(C2CCCN2)n1. The molecule has 1 atom stereocenters. The van der Waals surface area contributed by atoms with Gasteiger partial charge in [-0.25, -0.2) is 9.78 Å². The van der Waals surface area contributed by atoms with Gasteiger partial charge in [-0.2, -0.15) is 0 Å². The van der Waals surface area contributed by atoms with Crippen LogP contribution >= 0.6 is 0 Å². The topological polar surface area (TPSA) is 76.6 Å². The minimum Gasteiger partial charge on any atom is -0.440 e. The van der Waals surface area contributed by atoms with E-state index < -0.39 is 5.60 Å². The molecule has 3 fully saturated rings. The van der Waals surface area contributed by atoms with Crippen LogP contribution in [0, 0.1) is 0 Å². The highest BCUT2D eigenvalue weighted by Crippen LogP contribution is 2.34. The molecule has 1 unspecified atom stereocenters. The summed E-state index contributed by atoms with van der Waals surface area (Å²) >= 11 is 0. The summed E-state index contributed by atoms with van der Waals surface area (Å²) in [6.07, 6.45) is 6.78. The summed E-state index contributed by atoms with van der Waals surface area (Å²) < 4.78 is 11.0. The smallest absolute Gasteiger partial charge is 0.416 e. The molecule has 1 spiro atoms. The first-order chi connectivity index (χ1) is 10.8. The van der Waals surface area contributed by atoms with E-state index >= 15 is 0 Å². The van der Waals surface area contributed by atoms with Crippen LogP contribution in [0.1, 0.15) is 37.4 Å². The van der Waals surface area contributed by atoms with Crippen molar-refractivity contribution in [3.8, 4) is 0 Å². The first-order valence-corrected chi connectivity index (χ1v) is 7.89. The molecule has 0 radical (unpaired) electrons. The third-order valence-electron chi connectivity index (χ3n) is 4.71. The van der Waals surface area contributed by atoms with Crippen LogP contribution < -0.4 is 10.2 Å². The standard InChI is InChI=1S/C15H20N4O3/c20-14-19(10-15(22-14)3-6-21-7-4-15)13-9-16-8-12(18-13)11-2-1-5-17-11/h8-9,11,17H,1-7,10H2. The van der Waals surface area contributed by atoms with Crippen molar-refractivity contribution in [2.75, 3.05) is 31.2 Å². The fraction of sp³-hybridized carbons (Fsp3) is 0.667. The Labute approximate surface area is 129 Å². The number of aromatic nitrogens is 2. The van der Waals surface area contributed by atoms with E-state index in [4.69, 9.17) is 9.47 Å². The number of amides is 1. The van der Waals surface area contributed by atoms with Gasteiger partial charge in [-0.05, 0) is 19.4 Å². The molecule has 1 aromatic rings. The maximum absolute atomic E-state index is 12.3. The van der Waals surface area contributed by atoms with Crippen molar-refractivity contribution in [1.82, 2.24) is 15.3 Å². The molecule has 0 bridgehead atoms. The van der Waals surface area contributed by atoms with Crippen LogP contribution in [0.25, 0.3) is 0 Å². The van der Waals surface area contributed by atoms with Gasteiger partial charge in [0.1, 0.15) is 5.60 Å². The number of hydrogen-bond donors (Lipinski definition) is 1. The van der Waals surface area contributed by atoms with E-state index in [2.05, 4.69) is 15.3 Å². The zero-order valence-corrected chi connectivity index (χ0v) is 12.5. The summed E-state index contributed by atoms with van der Waals surface area (Å²) in [5.74, 6) is 0.583. The van der Waals surface area contributed by atoms with Gasteiger partial charge in [0.05, 0.1) is 43.9 Å². The molecule has 1 aromatic heterocycles. The maximum Gasteiger partial charge on any atom is 0.416 e. The predicted molar refractivity (Wildman–Crippen MR) is 78.6 cm³/mol. The lowest BCUT2D eigenvalue weighted by molar-refractivity contribution is -0.0431. The summed E-state index contributed by atoms with van der Waals surface area (Å²) in [6, 6.07) is 0.239. The fourth-order valence-electron chi connectivity index (χ4n) is 3.41. The monoisotopic (exact) mass is 304 g/mol. The second kappa shape index (κ2) is 5.48. The van der Waals surface area contributed by atoms with Gasteiger partial charge in [0.25, 0.3) is 0 Å². The number of carbonyl (C=O) groups is 1. The van der Waals surface area contributed by atoms with E-state index in [1.807, 2.05) is 0 Å². The molecule has 4 rings (SSSR count). The number of ether oxygens (including phenoxy) is 2. The molecule has 0 aliphatic carbocycles. The van der Waals surface area contributed by atoms with Gasteiger partial charge in [0.2, 0.25) is 0 Å². The minimum absolute atomic E-state index is 0.239. The van der Waals surface area contributed by atoms with Gasteiger partial charge in [0.15, 0.2) is 5.82 Å². The van der Waals surface area contributed by atoms with Crippen LogP contribution in [-0.2, 0) is 9.47 Å². The number of anilines is 1. The number of hydrogen-bond acceptors (Lipinski definition) is 6. The second-order valence-electron chi connectivity index (χ2n) is 6.20. The summed E-state index contributed by atoms with van der Waals surface area (Å²) in [6.45, 7) is 2.81. The molecule has 7 heteroatoms. The molecule has 118 valence electrons. The molecule has 7 nitrogen and oxygen atoms in total. The molecule has 3 saturated heterocycles. The normalized spacial score (nSPS) is 27.4. The fourth-order valence-corrected chi connectivity index (χ4v) is 3.41. The zero-order valence-electron chi connectivity index (χ0n) is 12.5. The van der Waals surface area contributed by atoms with Gasteiger partial charge in [0, 0.05) is 12.8 Å². The quantitative estimate of drug-likeness (QED) is 0.890. The van der Waals surface area contributed by atoms with Crippen molar-refractivity contribution >= 4 is 11.9 Å². The van der Waals surface area contributed by atoms with Crippen LogP contribution in [0.15, 0.2) is 12.4 Å². The summed E-state index contributed by atoms with van der Waals surface area (Å²) in [5.41, 5.74) is 0.481. The van der Waals surface area contributed by atoms with Crippen LogP contribution in [0.4, 0.5) is 10.6 Å². The Kier molecular flexibility index (Phi) is 3.46. The largest absolute Gasteiger partial charge is 0.440 e. The van der Waals surface area contributed by atoms with E-state index in [1.165, 1.54) is 0 Å². The molecular weight excluding hydrogens is 284 g/mol. The van der Waals surface area contributed by atoms with Crippen molar-refractivity contribution in [3.05, 3.63) is 18.1 Å². The van der Waals surface area contributed by atoms with Crippen molar-refractivity contribution in [2.45, 2.75) is 37.3 Å². The first-order valence-electron chi connectivity index (χ1n) is 7.89. The van der Waals surface area contributed by atoms with Crippen LogP contribution in [-0.4, -0.2) is 48.0 Å². The molecule has 3 aliphatic heterocycles. The zero-order chi connectivity index (χ0) is 15.0. The lowest BCUT2D eigenvalue weighted by Crippen LogP contribution is -2.40. The van der Waals surface area contributed by atoms with E-state index in [0.29, 0.717) is 25.6 Å². The van der Waals surface area contributed by atoms with Crippen LogP contribution in [0.5, 0.6) is 0 Å². The third-order valence-corrected chi connectivity index (χ3v) is 4.71. The number of nitrogens with one attached hydrogen (secondary N) is 1. The molecule has 0 aromatic carbocycles. The lowest BCUT2D eigenvalue weighted by atomic mass is 9.94. The number of nitrogens with zero attached hydrogens (tertiary/aromatic N) is 3. The van der Waals surface area contributed by atoms with Crippen molar-refractivity contribution in [1.29, 1.82) is 0 Å². The Bertz CT molecular complexity index is 568. The van der Waals surface area contributed by atoms with Gasteiger partial charge in [-0.15, -0.1) is 0 Å². The molecule has 1 amide bonds. The van der Waals surface area contributed by atoms with Gasteiger partial charge in [-0.3, -0.25) is 9.88 Å². The summed E-state index contributed by atoms with van der Waals surface area (Å²) in [4.78, 5) is 22.8. The predicted octanol–water partition coefficient (Wildman–Crippen LogP) is 1.41. The lowest BCUT2D eigenvalue weighted by Gasteiger charge is -2.30. The molecular formula is C15H20N4O3. The van der Waals surface area contributed by atoms with Crippen molar-refractivity contribution in [3.63, 3.8) is 0 Å². The number of rotatable bonds is 2. The van der Waals surface area contributed by atoms with Crippen molar-refractivity contribution in [2.24, 2.45) is 0 Å². The Balaban J connectivity index is 1.56. The highest BCUT2D eigenvalue weighted by atomic mass is 16.6. The Morgan fingerprint density at radius 1 is 1.32 bits per heavy atom. The highest BCUT2D eigenvalue weighted by Gasteiger charge is 2.47. The molecule has 4 heterocycles. The van der Waals surface area contributed by atoms with Crippen molar-refractivity contribution < 1.29 is 14.3 Å². The Morgan fingerprint density at radius 3 is 2.95 bits per heavy atom. The van der Waals surface area contributed by atoms with E-state index in [0.717, 1.165) is 37.9 Å². The minimum atomic E-state index is -0.418.